The van der Waals surface area contributed by atoms with Crippen molar-refractivity contribution in [3.63, 3.8) is 0 Å². The van der Waals surface area contributed by atoms with E-state index in [1.165, 1.54) is 7.14 Å². The van der Waals surface area contributed by atoms with Gasteiger partial charge in [-0.1, -0.05) is 36.4 Å². The maximum absolute atomic E-state index is 2.25. The summed E-state index contributed by atoms with van der Waals surface area (Å²) < 4.78 is 2.96. The number of halogens is 1. The molecule has 0 bridgehead atoms. The normalized spacial score (nSPS) is 10.4. The molecule has 0 unspecified atom stereocenters. The summed E-state index contributed by atoms with van der Waals surface area (Å²) in [6.07, 6.45) is 0. The van der Waals surface area contributed by atoms with E-state index in [1.807, 2.05) is 0 Å². The van der Waals surface area contributed by atoms with Crippen molar-refractivity contribution in [2.45, 2.75) is 27.3 Å². The van der Waals surface area contributed by atoms with E-state index in [9.17, 15) is 0 Å². The minimum absolute atomic E-state index is 0. The zero-order valence-electron chi connectivity index (χ0n) is 11.7. The fourth-order valence-electron chi connectivity index (χ4n) is 1.08. The van der Waals surface area contributed by atoms with Gasteiger partial charge in [-0.2, -0.15) is 27.3 Å². The van der Waals surface area contributed by atoms with Crippen molar-refractivity contribution in [2.24, 2.45) is 0 Å². The quantitative estimate of drug-likeness (QED) is 0.571. The van der Waals surface area contributed by atoms with Crippen molar-refractivity contribution in [2.75, 3.05) is 0 Å². The van der Waals surface area contributed by atoms with E-state index in [1.54, 1.807) is 0 Å². The highest BCUT2D eigenvalue weighted by Crippen LogP contribution is 1.94. The van der Waals surface area contributed by atoms with Gasteiger partial charge in [-0.25, -0.2) is 0 Å². The lowest BCUT2D eigenvalue weighted by Crippen LogP contribution is -3.61. The smallest absolute Gasteiger partial charge is 0.191 e. The Morgan fingerprint density at radius 3 is 1.17 bits per heavy atom. The molecule has 0 aromatic heterocycles. The van der Waals surface area contributed by atoms with Crippen LogP contribution in [-0.4, -0.2) is 6.15 Å². The molecule has 2 aromatic rings. The second-order valence-electron chi connectivity index (χ2n) is 6.15. The molecule has 0 saturated carbocycles. The van der Waals surface area contributed by atoms with E-state index in [4.69, 9.17) is 0 Å². The van der Waals surface area contributed by atoms with Crippen molar-refractivity contribution >= 4 is 6.15 Å². The predicted molar refractivity (Wildman–Crippen MR) is 79.5 cm³/mol. The van der Waals surface area contributed by atoms with Crippen LogP contribution >= 0.6 is 0 Å². The fraction of sp³-hybridized carbons (Fsp3) is 0.250. The maximum atomic E-state index is 2.25. The van der Waals surface area contributed by atoms with Crippen LogP contribution < -0.4 is 21.2 Å². The molecule has 0 spiro atoms. The first-order chi connectivity index (χ1) is 8.45. The summed E-state index contributed by atoms with van der Waals surface area (Å²) in [5.41, 5.74) is 0. The van der Waals surface area contributed by atoms with Gasteiger partial charge in [0.1, 0.15) is 0 Å². The molecule has 0 saturated heterocycles. The Kier molecular flexibility index (Phi) is 6.48. The molecule has 0 amide bonds. The third-order valence-electron chi connectivity index (χ3n) is 1.68. The van der Waals surface area contributed by atoms with Gasteiger partial charge in [0.05, 0.1) is 0 Å². The van der Waals surface area contributed by atoms with E-state index in [2.05, 4.69) is 88.0 Å². The number of benzene rings is 2. The van der Waals surface area contributed by atoms with Crippen molar-refractivity contribution in [3.05, 3.63) is 67.8 Å². The van der Waals surface area contributed by atoms with E-state index in [0.29, 0.717) is 0 Å². The van der Waals surface area contributed by atoms with E-state index in [-0.39, 0.29) is 27.4 Å². The van der Waals surface area contributed by atoms with Crippen LogP contribution in [0.4, 0.5) is 0 Å². The third kappa shape index (κ3) is 8.34. The Hall–Kier alpha value is -0.765. The second kappa shape index (κ2) is 7.62. The lowest BCUT2D eigenvalue weighted by atomic mass is 9.32. The monoisotopic (exact) mass is 352 g/mol. The van der Waals surface area contributed by atoms with Gasteiger partial charge in [0.25, 0.3) is 0 Å². The van der Waals surface area contributed by atoms with Gasteiger partial charge in [-0.15, -0.1) is 0 Å². The minimum Gasteiger partial charge on any atom is -0.191 e. The van der Waals surface area contributed by atoms with Crippen LogP contribution in [-0.2, 0) is 0 Å². The molecule has 0 aliphatic carbocycles. The van der Waals surface area contributed by atoms with Crippen molar-refractivity contribution in [3.8, 4) is 0 Å². The Balaban J connectivity index is 0.000000280. The standard InChI is InChI=1S/C12H10I.C4H12B/c1-3-7-11(8-4-1)13-12-9-5-2-6-10-12;1-5(2,3)4/h1-10H;1-4H3/q+1;-1. The average Bonchev–Trinajstić information content (AvgIpc) is 2.29. The zero-order valence-corrected chi connectivity index (χ0v) is 13.9. The van der Waals surface area contributed by atoms with Crippen LogP contribution in [0.15, 0.2) is 60.7 Å². The summed E-state index contributed by atoms with van der Waals surface area (Å²) in [6, 6.07) is 21.4. The van der Waals surface area contributed by atoms with Crippen LogP contribution in [0.5, 0.6) is 0 Å². The highest BCUT2D eigenvalue weighted by atomic mass is 127. The minimum atomic E-state index is 0. The van der Waals surface area contributed by atoms with E-state index in [0.717, 1.165) is 0 Å². The van der Waals surface area contributed by atoms with Gasteiger partial charge in [0.15, 0.2) is 7.14 Å². The molecule has 0 atom stereocenters. The second-order valence-corrected chi connectivity index (χ2v) is 9.18. The fourth-order valence-corrected chi connectivity index (χ4v) is 3.35. The summed E-state index contributed by atoms with van der Waals surface area (Å²) in [4.78, 5) is 0. The molecule has 2 rings (SSSR count). The van der Waals surface area contributed by atoms with Crippen LogP contribution in [0.1, 0.15) is 0 Å². The molecule has 0 N–H and O–H groups in total. The van der Waals surface area contributed by atoms with Crippen molar-refractivity contribution in [1.82, 2.24) is 0 Å². The Labute approximate surface area is 122 Å². The molecule has 0 radical (unpaired) electrons. The van der Waals surface area contributed by atoms with Gasteiger partial charge >= 0.3 is 21.2 Å². The Bertz CT molecular complexity index is 388. The Morgan fingerprint density at radius 2 is 0.889 bits per heavy atom. The first-order valence-corrected chi connectivity index (χ1v) is 8.67. The van der Waals surface area contributed by atoms with Gasteiger partial charge in [-0.3, -0.25) is 0 Å². The molecular weight excluding hydrogens is 330 g/mol. The summed E-state index contributed by atoms with van der Waals surface area (Å²) in [6.45, 7) is 9.00. The molecule has 2 aromatic carbocycles. The lowest BCUT2D eigenvalue weighted by Gasteiger charge is -2.10. The zero-order chi connectivity index (χ0) is 13.4. The highest BCUT2D eigenvalue weighted by Gasteiger charge is 2.12. The van der Waals surface area contributed by atoms with Crippen LogP contribution in [0.25, 0.3) is 0 Å². The molecular formula is C16H22BI. The molecule has 0 aliphatic rings. The number of rotatable bonds is 2. The molecule has 0 fully saturated rings. The van der Waals surface area contributed by atoms with Crippen LogP contribution in [0, 0.1) is 7.14 Å². The largest absolute Gasteiger partial charge is 0.357 e. The summed E-state index contributed by atoms with van der Waals surface area (Å²) in [5, 5.41) is 0. The summed E-state index contributed by atoms with van der Waals surface area (Å²) in [7, 11) is 0. The van der Waals surface area contributed by atoms with Crippen molar-refractivity contribution in [1.29, 1.82) is 0 Å². The van der Waals surface area contributed by atoms with Gasteiger partial charge < -0.3 is 0 Å². The molecule has 2 heteroatoms. The molecule has 0 nitrogen and oxygen atoms in total. The van der Waals surface area contributed by atoms with Crippen LogP contribution in [0.2, 0.25) is 27.3 Å². The average molecular weight is 352 g/mol. The predicted octanol–water partition coefficient (Wildman–Crippen LogP) is 1.77. The van der Waals surface area contributed by atoms with E-state index >= 15 is 0 Å². The first kappa shape index (κ1) is 15.3. The van der Waals surface area contributed by atoms with Gasteiger partial charge in [0.2, 0.25) is 0 Å². The molecule has 96 valence electrons. The van der Waals surface area contributed by atoms with E-state index < -0.39 is 0 Å². The van der Waals surface area contributed by atoms with Crippen molar-refractivity contribution < 1.29 is 21.2 Å². The third-order valence-corrected chi connectivity index (χ3v) is 4.37. The highest BCUT2D eigenvalue weighted by molar-refractivity contribution is 6.74. The van der Waals surface area contributed by atoms with Gasteiger partial charge in [0, 0.05) is 0 Å². The Morgan fingerprint density at radius 1 is 0.611 bits per heavy atom. The number of hydrogen-bond acceptors (Lipinski definition) is 0. The molecule has 0 heterocycles. The molecule has 18 heavy (non-hydrogen) atoms. The lowest BCUT2D eigenvalue weighted by molar-refractivity contribution is -0.597. The number of hydrogen-bond donors (Lipinski definition) is 0. The topological polar surface area (TPSA) is 0 Å². The molecule has 0 aliphatic heterocycles. The summed E-state index contributed by atoms with van der Waals surface area (Å²) >= 11 is 0.0287. The van der Waals surface area contributed by atoms with Gasteiger partial charge in [-0.05, 0) is 30.4 Å². The maximum Gasteiger partial charge on any atom is 0.357 e. The summed E-state index contributed by atoms with van der Waals surface area (Å²) in [5.74, 6) is 0. The first-order valence-electron chi connectivity index (χ1n) is 6.51. The van der Waals surface area contributed by atoms with Crippen LogP contribution in [0.3, 0.4) is 0 Å². The SMILES string of the molecule is C[B-](C)(C)C.c1ccc([I+]c2ccccc2)cc1.